The first kappa shape index (κ1) is 21.9. The van der Waals surface area contributed by atoms with Crippen molar-refractivity contribution >= 4 is 28.4 Å². The highest BCUT2D eigenvalue weighted by Crippen LogP contribution is 2.42. The SMILES string of the molecule is CCN1CCc2ccc(Oc3cc4c(cc3N=Nc3ccc([N+](=O)[O-])cc3)CCN4CC)cc21. The minimum atomic E-state index is -0.427. The van der Waals surface area contributed by atoms with Crippen LogP contribution in [-0.2, 0) is 12.8 Å². The number of hydrogen-bond donors (Lipinski definition) is 0. The number of likely N-dealkylation sites (N-methyl/N-ethyl adjacent to an activating group) is 2. The molecular weight excluding hydrogens is 430 g/mol. The molecular formula is C26H27N5O3. The summed E-state index contributed by atoms with van der Waals surface area (Å²) >= 11 is 0. The number of ether oxygens (including phenoxy) is 1. The number of azo groups is 1. The van der Waals surface area contributed by atoms with Crippen LogP contribution in [0.25, 0.3) is 0 Å². The van der Waals surface area contributed by atoms with Gasteiger partial charge >= 0.3 is 0 Å². The molecule has 0 aromatic heterocycles. The van der Waals surface area contributed by atoms with Crippen molar-refractivity contribution in [1.29, 1.82) is 0 Å². The minimum Gasteiger partial charge on any atom is -0.455 e. The third-order valence-corrected chi connectivity index (χ3v) is 6.53. The highest BCUT2D eigenvalue weighted by Gasteiger charge is 2.23. The normalized spacial score (nSPS) is 14.5. The molecule has 8 nitrogen and oxygen atoms in total. The van der Waals surface area contributed by atoms with Crippen molar-refractivity contribution < 1.29 is 9.66 Å². The van der Waals surface area contributed by atoms with E-state index in [-0.39, 0.29) is 5.69 Å². The molecule has 0 fully saturated rings. The number of nitro benzene ring substituents is 1. The molecule has 3 aromatic carbocycles. The maximum Gasteiger partial charge on any atom is 0.269 e. The smallest absolute Gasteiger partial charge is 0.269 e. The molecule has 0 N–H and O–H groups in total. The lowest BCUT2D eigenvalue weighted by Gasteiger charge is -2.19. The van der Waals surface area contributed by atoms with Crippen LogP contribution in [0.5, 0.6) is 11.5 Å². The molecule has 2 aliphatic rings. The van der Waals surface area contributed by atoms with E-state index in [9.17, 15) is 10.1 Å². The van der Waals surface area contributed by atoms with Gasteiger partial charge < -0.3 is 14.5 Å². The fraction of sp³-hybridized carbons (Fsp3) is 0.308. The summed E-state index contributed by atoms with van der Waals surface area (Å²) in [6.45, 7) is 8.22. The average molecular weight is 458 g/mol. The van der Waals surface area contributed by atoms with Gasteiger partial charge in [-0.1, -0.05) is 6.07 Å². The van der Waals surface area contributed by atoms with Gasteiger partial charge in [0.05, 0.1) is 10.6 Å². The van der Waals surface area contributed by atoms with E-state index in [1.54, 1.807) is 12.1 Å². The predicted molar refractivity (Wildman–Crippen MR) is 133 cm³/mol. The molecule has 8 heteroatoms. The van der Waals surface area contributed by atoms with Gasteiger partial charge in [0.2, 0.25) is 0 Å². The van der Waals surface area contributed by atoms with Crippen molar-refractivity contribution in [3.05, 3.63) is 75.8 Å². The highest BCUT2D eigenvalue weighted by atomic mass is 16.6. The van der Waals surface area contributed by atoms with E-state index in [4.69, 9.17) is 4.74 Å². The van der Waals surface area contributed by atoms with Crippen LogP contribution in [0.3, 0.4) is 0 Å². The highest BCUT2D eigenvalue weighted by molar-refractivity contribution is 5.70. The number of fused-ring (bicyclic) bond motifs is 2. The zero-order chi connectivity index (χ0) is 23.7. The molecule has 0 aliphatic carbocycles. The summed E-state index contributed by atoms with van der Waals surface area (Å²) in [5.74, 6) is 1.41. The van der Waals surface area contributed by atoms with Gasteiger partial charge in [-0.2, -0.15) is 5.11 Å². The first-order chi connectivity index (χ1) is 16.6. The average Bonchev–Trinajstić information content (AvgIpc) is 3.45. The summed E-state index contributed by atoms with van der Waals surface area (Å²) < 4.78 is 6.39. The van der Waals surface area contributed by atoms with E-state index in [2.05, 4.69) is 52.1 Å². The zero-order valence-electron chi connectivity index (χ0n) is 19.4. The molecule has 0 unspecified atom stereocenters. The van der Waals surface area contributed by atoms with Crippen LogP contribution >= 0.6 is 0 Å². The van der Waals surface area contributed by atoms with Crippen molar-refractivity contribution in [2.45, 2.75) is 26.7 Å². The van der Waals surface area contributed by atoms with Crippen LogP contribution in [0.2, 0.25) is 0 Å². The first-order valence-corrected chi connectivity index (χ1v) is 11.7. The number of nitrogens with zero attached hydrogens (tertiary/aromatic N) is 5. The quantitative estimate of drug-likeness (QED) is 0.228. The van der Waals surface area contributed by atoms with E-state index < -0.39 is 4.92 Å². The van der Waals surface area contributed by atoms with Gasteiger partial charge in [0, 0.05) is 61.8 Å². The molecule has 2 aliphatic heterocycles. The second kappa shape index (κ2) is 9.13. The molecule has 0 spiro atoms. The summed E-state index contributed by atoms with van der Waals surface area (Å²) in [5.41, 5.74) is 6.18. The van der Waals surface area contributed by atoms with Crippen LogP contribution in [0.4, 0.5) is 28.4 Å². The van der Waals surface area contributed by atoms with Crippen molar-refractivity contribution in [3.8, 4) is 11.5 Å². The van der Waals surface area contributed by atoms with E-state index >= 15 is 0 Å². The Morgan fingerprint density at radius 3 is 2.24 bits per heavy atom. The summed E-state index contributed by atoms with van der Waals surface area (Å²) in [6, 6.07) is 16.4. The lowest BCUT2D eigenvalue weighted by atomic mass is 10.1. The molecule has 2 heterocycles. The summed E-state index contributed by atoms with van der Waals surface area (Å²) in [7, 11) is 0. The van der Waals surface area contributed by atoms with Gasteiger partial charge in [-0.05, 0) is 62.1 Å². The predicted octanol–water partition coefficient (Wildman–Crippen LogP) is 6.57. The number of anilines is 2. The second-order valence-corrected chi connectivity index (χ2v) is 8.47. The van der Waals surface area contributed by atoms with Gasteiger partial charge in [0.1, 0.15) is 11.4 Å². The fourth-order valence-electron chi connectivity index (χ4n) is 4.66. The Balaban J connectivity index is 1.49. The maximum absolute atomic E-state index is 10.9. The van der Waals surface area contributed by atoms with Crippen LogP contribution in [0.15, 0.2) is 64.8 Å². The van der Waals surface area contributed by atoms with Gasteiger partial charge in [-0.15, -0.1) is 5.11 Å². The van der Waals surface area contributed by atoms with Crippen LogP contribution in [-0.4, -0.2) is 31.1 Å². The monoisotopic (exact) mass is 457 g/mol. The van der Waals surface area contributed by atoms with Gasteiger partial charge in [-0.3, -0.25) is 10.1 Å². The topological polar surface area (TPSA) is 83.6 Å². The van der Waals surface area contributed by atoms with Gasteiger partial charge in [0.15, 0.2) is 5.75 Å². The molecule has 34 heavy (non-hydrogen) atoms. The molecule has 0 radical (unpaired) electrons. The second-order valence-electron chi connectivity index (χ2n) is 8.47. The van der Waals surface area contributed by atoms with Crippen LogP contribution < -0.4 is 14.5 Å². The van der Waals surface area contributed by atoms with Gasteiger partial charge in [0.25, 0.3) is 5.69 Å². The van der Waals surface area contributed by atoms with E-state index in [1.165, 1.54) is 34.6 Å². The molecule has 174 valence electrons. The third-order valence-electron chi connectivity index (χ3n) is 6.53. The number of hydrogen-bond acceptors (Lipinski definition) is 7. The Morgan fingerprint density at radius 2 is 1.56 bits per heavy atom. The Morgan fingerprint density at radius 1 is 0.882 bits per heavy atom. The van der Waals surface area contributed by atoms with E-state index in [0.717, 1.165) is 44.8 Å². The molecule has 3 aromatic rings. The molecule has 0 bridgehead atoms. The van der Waals surface area contributed by atoms with Gasteiger partial charge in [-0.25, -0.2) is 0 Å². The molecule has 0 saturated carbocycles. The fourth-order valence-corrected chi connectivity index (χ4v) is 4.66. The number of rotatable bonds is 7. The zero-order valence-corrected chi connectivity index (χ0v) is 19.4. The molecule has 5 rings (SSSR count). The Labute approximate surface area is 198 Å². The first-order valence-electron chi connectivity index (χ1n) is 11.7. The Kier molecular flexibility index (Phi) is 5.88. The molecule has 0 atom stereocenters. The largest absolute Gasteiger partial charge is 0.455 e. The maximum atomic E-state index is 10.9. The Bertz CT molecular complexity index is 1260. The van der Waals surface area contributed by atoms with E-state index in [1.807, 2.05) is 12.1 Å². The van der Waals surface area contributed by atoms with Crippen molar-refractivity contribution in [2.75, 3.05) is 36.0 Å². The number of benzene rings is 3. The molecule has 0 amide bonds. The number of non-ortho nitro benzene ring substituents is 1. The number of nitro groups is 1. The van der Waals surface area contributed by atoms with E-state index in [0.29, 0.717) is 17.1 Å². The van der Waals surface area contributed by atoms with Crippen molar-refractivity contribution in [2.24, 2.45) is 10.2 Å². The van der Waals surface area contributed by atoms with Crippen molar-refractivity contribution in [3.63, 3.8) is 0 Å². The minimum absolute atomic E-state index is 0.0258. The Hall–Kier alpha value is -3.94. The summed E-state index contributed by atoms with van der Waals surface area (Å²) in [6.07, 6.45) is 2.01. The third kappa shape index (κ3) is 4.19. The van der Waals surface area contributed by atoms with Crippen LogP contribution in [0, 0.1) is 10.1 Å². The summed E-state index contributed by atoms with van der Waals surface area (Å²) in [5, 5.41) is 19.7. The summed E-state index contributed by atoms with van der Waals surface area (Å²) in [4.78, 5) is 15.2. The molecule has 0 saturated heterocycles. The lowest BCUT2D eigenvalue weighted by Crippen LogP contribution is -2.19. The van der Waals surface area contributed by atoms with Crippen molar-refractivity contribution in [1.82, 2.24) is 0 Å². The van der Waals surface area contributed by atoms with Crippen LogP contribution in [0.1, 0.15) is 25.0 Å². The lowest BCUT2D eigenvalue weighted by molar-refractivity contribution is -0.384. The standard InChI is InChI=1S/C26H27N5O3/c1-3-29-13-11-18-5-10-22(16-24(18)29)34-26-17-25-19(12-14-30(25)4-2)15-23(26)28-27-20-6-8-21(9-7-20)31(32)33/h5-10,15-17H,3-4,11-14H2,1-2H3.